The average Bonchev–Trinajstić information content (AvgIpc) is 3.04. The summed E-state index contributed by atoms with van der Waals surface area (Å²) in [6.07, 6.45) is 5.86. The molecule has 1 amide bonds. The zero-order valence-corrected chi connectivity index (χ0v) is 14.5. The van der Waals surface area contributed by atoms with Crippen molar-refractivity contribution in [2.24, 2.45) is 5.92 Å². The van der Waals surface area contributed by atoms with Gasteiger partial charge in [-0.1, -0.05) is 6.92 Å². The maximum atomic E-state index is 12.7. The molecular formula is C16H25ClN2OS. The SMILES string of the molecule is CNCC1CCCN1C(=O)c1cc2c(s1)CCC(C)C2.Cl. The first kappa shape index (κ1) is 16.8. The van der Waals surface area contributed by atoms with Crippen LogP contribution >= 0.6 is 23.7 Å². The minimum atomic E-state index is 0. The van der Waals surface area contributed by atoms with Gasteiger partial charge in [0.25, 0.3) is 5.91 Å². The van der Waals surface area contributed by atoms with Crippen molar-refractivity contribution in [2.45, 2.75) is 45.1 Å². The molecule has 1 aromatic heterocycles. The van der Waals surface area contributed by atoms with Crippen LogP contribution in [0.4, 0.5) is 0 Å². The van der Waals surface area contributed by atoms with E-state index in [1.165, 1.54) is 16.9 Å². The molecule has 21 heavy (non-hydrogen) atoms. The highest BCUT2D eigenvalue weighted by molar-refractivity contribution is 7.14. The molecule has 2 unspecified atom stereocenters. The van der Waals surface area contributed by atoms with E-state index in [1.54, 1.807) is 11.3 Å². The van der Waals surface area contributed by atoms with Crippen LogP contribution in [0, 0.1) is 5.92 Å². The van der Waals surface area contributed by atoms with Crippen LogP contribution in [0.1, 0.15) is 46.3 Å². The van der Waals surface area contributed by atoms with Gasteiger partial charge in [0.2, 0.25) is 0 Å². The van der Waals surface area contributed by atoms with Crippen molar-refractivity contribution in [3.63, 3.8) is 0 Å². The van der Waals surface area contributed by atoms with E-state index in [1.807, 2.05) is 7.05 Å². The highest BCUT2D eigenvalue weighted by Crippen LogP contribution is 2.33. The fourth-order valence-corrected chi connectivity index (χ4v) is 4.67. The lowest BCUT2D eigenvalue weighted by atomic mass is 9.90. The number of likely N-dealkylation sites (N-methyl/N-ethyl adjacent to an activating group) is 1. The summed E-state index contributed by atoms with van der Waals surface area (Å²) in [7, 11) is 1.96. The van der Waals surface area contributed by atoms with Crippen molar-refractivity contribution < 1.29 is 4.79 Å². The molecule has 5 heteroatoms. The Morgan fingerprint density at radius 2 is 2.29 bits per heavy atom. The first-order valence-corrected chi connectivity index (χ1v) is 8.58. The Bertz CT molecular complexity index is 502. The molecule has 1 fully saturated rings. The number of nitrogens with zero attached hydrogens (tertiary/aromatic N) is 1. The normalized spacial score (nSPS) is 24.6. The topological polar surface area (TPSA) is 32.3 Å². The average molecular weight is 329 g/mol. The predicted molar refractivity (Wildman–Crippen MR) is 90.7 cm³/mol. The summed E-state index contributed by atoms with van der Waals surface area (Å²) >= 11 is 1.74. The van der Waals surface area contributed by atoms with E-state index in [4.69, 9.17) is 0 Å². The second-order valence-corrected chi connectivity index (χ2v) is 7.40. The summed E-state index contributed by atoms with van der Waals surface area (Å²) in [5.74, 6) is 1.03. The molecule has 2 aliphatic rings. The molecule has 0 radical (unpaired) electrons. The van der Waals surface area contributed by atoms with Crippen molar-refractivity contribution in [2.75, 3.05) is 20.1 Å². The van der Waals surface area contributed by atoms with Gasteiger partial charge in [-0.05, 0) is 56.7 Å². The number of halogens is 1. The number of fused-ring (bicyclic) bond motifs is 1. The number of likely N-dealkylation sites (tertiary alicyclic amines) is 1. The van der Waals surface area contributed by atoms with Gasteiger partial charge in [-0.25, -0.2) is 0 Å². The number of hydrogen-bond donors (Lipinski definition) is 1. The number of carbonyl (C=O) groups excluding carboxylic acids is 1. The summed E-state index contributed by atoms with van der Waals surface area (Å²) in [6.45, 7) is 4.14. The first-order chi connectivity index (χ1) is 9.69. The molecule has 0 aromatic carbocycles. The number of rotatable bonds is 3. The van der Waals surface area contributed by atoms with Crippen molar-refractivity contribution in [3.05, 3.63) is 21.4 Å². The zero-order valence-electron chi connectivity index (χ0n) is 12.9. The quantitative estimate of drug-likeness (QED) is 0.924. The minimum absolute atomic E-state index is 0. The summed E-state index contributed by atoms with van der Waals surface area (Å²) in [5, 5.41) is 3.21. The largest absolute Gasteiger partial charge is 0.334 e. The molecule has 1 N–H and O–H groups in total. The summed E-state index contributed by atoms with van der Waals surface area (Å²) in [5.41, 5.74) is 1.43. The van der Waals surface area contributed by atoms with E-state index in [0.717, 1.165) is 49.6 Å². The smallest absolute Gasteiger partial charge is 0.264 e. The Hall–Kier alpha value is -0.580. The van der Waals surface area contributed by atoms with Gasteiger partial charge >= 0.3 is 0 Å². The van der Waals surface area contributed by atoms with Gasteiger partial charge in [-0.3, -0.25) is 4.79 Å². The molecule has 1 aromatic rings. The first-order valence-electron chi connectivity index (χ1n) is 7.76. The number of nitrogens with one attached hydrogen (secondary N) is 1. The number of aryl methyl sites for hydroxylation is 1. The van der Waals surface area contributed by atoms with Crippen LogP contribution < -0.4 is 5.32 Å². The Kier molecular flexibility index (Phi) is 5.69. The Balaban J connectivity index is 0.00000161. The van der Waals surface area contributed by atoms with E-state index in [2.05, 4.69) is 23.2 Å². The van der Waals surface area contributed by atoms with Crippen LogP contribution in [-0.4, -0.2) is 37.0 Å². The Morgan fingerprint density at radius 1 is 1.48 bits per heavy atom. The van der Waals surface area contributed by atoms with Crippen LogP contribution in [0.5, 0.6) is 0 Å². The second kappa shape index (κ2) is 7.12. The van der Waals surface area contributed by atoms with Crippen LogP contribution in [0.3, 0.4) is 0 Å². The molecule has 1 aliphatic carbocycles. The lowest BCUT2D eigenvalue weighted by molar-refractivity contribution is 0.0742. The van der Waals surface area contributed by atoms with Crippen LogP contribution in [0.2, 0.25) is 0 Å². The highest BCUT2D eigenvalue weighted by Gasteiger charge is 2.30. The molecule has 0 spiro atoms. The predicted octanol–water partition coefficient (Wildman–Crippen LogP) is 3.12. The molecule has 1 saturated heterocycles. The molecule has 2 heterocycles. The summed E-state index contributed by atoms with van der Waals surface area (Å²) < 4.78 is 0. The maximum Gasteiger partial charge on any atom is 0.264 e. The van der Waals surface area contributed by atoms with Gasteiger partial charge in [0.15, 0.2) is 0 Å². The van der Waals surface area contributed by atoms with Gasteiger partial charge in [-0.15, -0.1) is 23.7 Å². The molecule has 0 bridgehead atoms. The second-order valence-electron chi connectivity index (χ2n) is 6.26. The third kappa shape index (κ3) is 3.43. The lowest BCUT2D eigenvalue weighted by Gasteiger charge is -2.23. The standard InChI is InChI=1S/C16H24N2OS.ClH/c1-11-5-6-14-12(8-11)9-15(20-14)16(19)18-7-3-4-13(18)10-17-2;/h9,11,13,17H,3-8,10H2,1-2H3;1H. The van der Waals surface area contributed by atoms with Crippen molar-refractivity contribution in [3.8, 4) is 0 Å². The molecular weight excluding hydrogens is 304 g/mol. The number of thiophene rings is 1. The zero-order chi connectivity index (χ0) is 14.1. The van der Waals surface area contributed by atoms with Gasteiger partial charge in [-0.2, -0.15) is 0 Å². The van der Waals surface area contributed by atoms with Crippen molar-refractivity contribution in [1.29, 1.82) is 0 Å². The van der Waals surface area contributed by atoms with Gasteiger partial charge in [0.05, 0.1) is 4.88 Å². The van der Waals surface area contributed by atoms with E-state index < -0.39 is 0 Å². The van der Waals surface area contributed by atoms with Gasteiger partial charge in [0.1, 0.15) is 0 Å². The molecule has 2 atom stereocenters. The monoisotopic (exact) mass is 328 g/mol. The van der Waals surface area contributed by atoms with E-state index in [9.17, 15) is 4.79 Å². The minimum Gasteiger partial charge on any atom is -0.334 e. The summed E-state index contributed by atoms with van der Waals surface area (Å²) in [4.78, 5) is 17.2. The molecule has 3 nitrogen and oxygen atoms in total. The van der Waals surface area contributed by atoms with Crippen LogP contribution in [0.25, 0.3) is 0 Å². The molecule has 0 saturated carbocycles. The van der Waals surface area contributed by atoms with E-state index in [0.29, 0.717) is 6.04 Å². The third-order valence-corrected chi connectivity index (χ3v) is 5.84. The molecule has 3 rings (SSSR count). The maximum absolute atomic E-state index is 12.7. The molecule has 1 aliphatic heterocycles. The fourth-order valence-electron chi connectivity index (χ4n) is 3.50. The summed E-state index contributed by atoms with van der Waals surface area (Å²) in [6, 6.07) is 2.55. The van der Waals surface area contributed by atoms with Gasteiger partial charge in [0, 0.05) is 24.0 Å². The Labute approximate surface area is 137 Å². The van der Waals surface area contributed by atoms with Crippen LogP contribution in [-0.2, 0) is 12.8 Å². The van der Waals surface area contributed by atoms with E-state index in [-0.39, 0.29) is 18.3 Å². The Morgan fingerprint density at radius 3 is 3.05 bits per heavy atom. The number of hydrogen-bond acceptors (Lipinski definition) is 3. The lowest BCUT2D eigenvalue weighted by Crippen LogP contribution is -2.40. The van der Waals surface area contributed by atoms with Crippen molar-refractivity contribution in [1.82, 2.24) is 10.2 Å². The highest BCUT2D eigenvalue weighted by atomic mass is 35.5. The fraction of sp³-hybridized carbons (Fsp3) is 0.688. The molecule has 118 valence electrons. The van der Waals surface area contributed by atoms with Crippen molar-refractivity contribution >= 4 is 29.7 Å². The number of amides is 1. The van der Waals surface area contributed by atoms with E-state index >= 15 is 0 Å². The van der Waals surface area contributed by atoms with Crippen LogP contribution in [0.15, 0.2) is 6.07 Å². The number of carbonyl (C=O) groups is 1. The third-order valence-electron chi connectivity index (χ3n) is 4.62. The van der Waals surface area contributed by atoms with Gasteiger partial charge < -0.3 is 10.2 Å².